The predicted octanol–water partition coefficient (Wildman–Crippen LogP) is 3.17. The summed E-state index contributed by atoms with van der Waals surface area (Å²) in [5.74, 6) is 0.711. The largest absolute Gasteiger partial charge is 0.496 e. The van der Waals surface area contributed by atoms with Gasteiger partial charge in [-0.2, -0.15) is 5.10 Å². The van der Waals surface area contributed by atoms with Crippen molar-refractivity contribution in [2.45, 2.75) is 0 Å². The first-order valence-corrected chi connectivity index (χ1v) is 10.0. The molecule has 1 amide bonds. The quantitative estimate of drug-likeness (QED) is 0.550. The molecule has 1 fully saturated rings. The summed E-state index contributed by atoms with van der Waals surface area (Å²) < 4.78 is 10.8. The molecule has 0 bridgehead atoms. The molecule has 8 heteroatoms. The Bertz CT molecular complexity index is 1250. The van der Waals surface area contributed by atoms with Crippen LogP contribution in [0.5, 0.6) is 5.75 Å². The molecule has 1 aromatic carbocycles. The molecule has 0 saturated carbocycles. The van der Waals surface area contributed by atoms with Crippen molar-refractivity contribution in [3.8, 4) is 28.1 Å². The van der Waals surface area contributed by atoms with Gasteiger partial charge in [-0.3, -0.25) is 14.9 Å². The number of hydrogen-bond donors (Lipinski definition) is 1. The van der Waals surface area contributed by atoms with E-state index in [1.807, 2.05) is 36.4 Å². The lowest BCUT2D eigenvalue weighted by Crippen LogP contribution is -2.40. The number of aromatic amines is 1. The van der Waals surface area contributed by atoms with Gasteiger partial charge in [-0.05, 0) is 24.3 Å². The monoisotopic (exact) mass is 415 g/mol. The number of nitrogens with one attached hydrogen (secondary N) is 1. The van der Waals surface area contributed by atoms with Crippen LogP contribution in [0, 0.1) is 0 Å². The van der Waals surface area contributed by atoms with Crippen molar-refractivity contribution in [2.75, 3.05) is 33.4 Å². The number of ether oxygens (including phenoxy) is 2. The number of fused-ring (bicyclic) bond motifs is 1. The van der Waals surface area contributed by atoms with Gasteiger partial charge in [0.2, 0.25) is 0 Å². The van der Waals surface area contributed by atoms with Crippen molar-refractivity contribution >= 4 is 16.9 Å². The Morgan fingerprint density at radius 1 is 1.10 bits per heavy atom. The zero-order valence-corrected chi connectivity index (χ0v) is 17.0. The van der Waals surface area contributed by atoms with Gasteiger partial charge in [-0.25, -0.2) is 4.98 Å². The van der Waals surface area contributed by atoms with E-state index in [1.165, 1.54) is 0 Å². The van der Waals surface area contributed by atoms with E-state index in [4.69, 9.17) is 9.47 Å². The van der Waals surface area contributed by atoms with E-state index in [0.717, 1.165) is 33.5 Å². The number of H-pyrrole nitrogens is 1. The number of carbonyl (C=O) groups excluding carboxylic acids is 1. The number of aromatic nitrogens is 4. The number of benzene rings is 1. The van der Waals surface area contributed by atoms with Crippen LogP contribution in [-0.4, -0.2) is 64.4 Å². The van der Waals surface area contributed by atoms with Gasteiger partial charge in [0, 0.05) is 53.8 Å². The summed E-state index contributed by atoms with van der Waals surface area (Å²) in [5, 5.41) is 8.28. The van der Waals surface area contributed by atoms with Gasteiger partial charge in [-0.1, -0.05) is 12.1 Å². The van der Waals surface area contributed by atoms with Crippen LogP contribution in [0.2, 0.25) is 0 Å². The molecule has 1 aliphatic rings. The van der Waals surface area contributed by atoms with E-state index in [1.54, 1.807) is 30.6 Å². The number of methoxy groups -OCH3 is 1. The van der Waals surface area contributed by atoms with E-state index in [9.17, 15) is 4.79 Å². The van der Waals surface area contributed by atoms with Crippen LogP contribution in [0.3, 0.4) is 0 Å². The fourth-order valence-electron chi connectivity index (χ4n) is 3.78. The summed E-state index contributed by atoms with van der Waals surface area (Å²) in [6, 6.07) is 11.6. The van der Waals surface area contributed by atoms with Crippen molar-refractivity contribution in [2.24, 2.45) is 0 Å². The third-order valence-electron chi connectivity index (χ3n) is 5.40. The van der Waals surface area contributed by atoms with Crippen molar-refractivity contribution in [1.82, 2.24) is 25.1 Å². The third kappa shape index (κ3) is 3.62. The first kappa shape index (κ1) is 19.2. The lowest BCUT2D eigenvalue weighted by atomic mass is 10.0. The van der Waals surface area contributed by atoms with Crippen LogP contribution in [0.25, 0.3) is 33.4 Å². The second kappa shape index (κ2) is 8.16. The van der Waals surface area contributed by atoms with Gasteiger partial charge in [0.1, 0.15) is 5.75 Å². The summed E-state index contributed by atoms with van der Waals surface area (Å²) in [5.41, 5.74) is 4.57. The highest BCUT2D eigenvalue weighted by Crippen LogP contribution is 2.34. The number of hydrogen-bond acceptors (Lipinski definition) is 6. The third-order valence-corrected chi connectivity index (χ3v) is 5.40. The normalized spacial score (nSPS) is 14.0. The Hall–Kier alpha value is -3.78. The minimum atomic E-state index is -0.0373. The molecule has 4 aromatic rings. The summed E-state index contributed by atoms with van der Waals surface area (Å²) >= 11 is 0. The zero-order chi connectivity index (χ0) is 21.2. The molecule has 156 valence electrons. The molecule has 1 saturated heterocycles. The molecule has 5 rings (SSSR count). The summed E-state index contributed by atoms with van der Waals surface area (Å²) in [7, 11) is 1.64. The molecule has 0 spiro atoms. The van der Waals surface area contributed by atoms with Crippen molar-refractivity contribution in [3.05, 3.63) is 60.6 Å². The summed E-state index contributed by atoms with van der Waals surface area (Å²) in [6.45, 7) is 2.30. The fraction of sp³-hybridized carbons (Fsp3) is 0.217. The molecule has 0 aliphatic carbocycles. The summed E-state index contributed by atoms with van der Waals surface area (Å²) in [6.07, 6.45) is 5.09. The Labute approximate surface area is 178 Å². The molecule has 0 radical (unpaired) electrons. The minimum Gasteiger partial charge on any atom is -0.496 e. The second-order valence-corrected chi connectivity index (χ2v) is 7.26. The van der Waals surface area contributed by atoms with E-state index in [-0.39, 0.29) is 5.91 Å². The van der Waals surface area contributed by atoms with E-state index >= 15 is 0 Å². The maximum Gasteiger partial charge on any atom is 0.255 e. The number of rotatable bonds is 4. The minimum absolute atomic E-state index is 0.0373. The van der Waals surface area contributed by atoms with Gasteiger partial charge >= 0.3 is 0 Å². The van der Waals surface area contributed by atoms with E-state index < -0.39 is 0 Å². The first-order valence-electron chi connectivity index (χ1n) is 10.0. The number of amides is 1. The van der Waals surface area contributed by atoms with Crippen LogP contribution in [0.15, 0.2) is 55.0 Å². The number of pyridine rings is 2. The average Bonchev–Trinajstić information content (AvgIpc) is 3.27. The van der Waals surface area contributed by atoms with Gasteiger partial charge < -0.3 is 14.4 Å². The maximum atomic E-state index is 12.8. The van der Waals surface area contributed by atoms with Gasteiger partial charge in [-0.15, -0.1) is 0 Å². The fourth-order valence-corrected chi connectivity index (χ4v) is 3.78. The average molecular weight is 415 g/mol. The number of carbonyl (C=O) groups is 1. The lowest BCUT2D eigenvalue weighted by Gasteiger charge is -2.26. The maximum absolute atomic E-state index is 12.8. The first-order chi connectivity index (χ1) is 15.2. The van der Waals surface area contributed by atoms with Crippen LogP contribution >= 0.6 is 0 Å². The molecule has 1 N–H and O–H groups in total. The molecule has 3 aromatic heterocycles. The van der Waals surface area contributed by atoms with Crippen LogP contribution in [-0.2, 0) is 4.74 Å². The number of nitrogens with zero attached hydrogens (tertiary/aromatic N) is 4. The molecule has 1 aliphatic heterocycles. The van der Waals surface area contributed by atoms with Crippen molar-refractivity contribution in [3.63, 3.8) is 0 Å². The van der Waals surface area contributed by atoms with E-state index in [0.29, 0.717) is 37.5 Å². The molecule has 8 nitrogen and oxygen atoms in total. The second-order valence-electron chi connectivity index (χ2n) is 7.26. The number of para-hydroxylation sites is 1. The smallest absolute Gasteiger partial charge is 0.255 e. The molecular weight excluding hydrogens is 394 g/mol. The lowest BCUT2D eigenvalue weighted by molar-refractivity contribution is 0.0302. The van der Waals surface area contributed by atoms with Crippen LogP contribution in [0.1, 0.15) is 10.4 Å². The Morgan fingerprint density at radius 2 is 1.90 bits per heavy atom. The molecule has 0 atom stereocenters. The highest BCUT2D eigenvalue weighted by atomic mass is 16.5. The topological polar surface area (TPSA) is 93.2 Å². The molecule has 31 heavy (non-hydrogen) atoms. The Balaban J connectivity index is 1.53. The standard InChI is InChI=1S/C23H21N5O3/c1-30-20-5-3-2-4-18(20)21-19-11-16(14-25-22(19)27-26-21)15-10-17(13-24-12-15)23(29)28-6-8-31-9-7-28/h2-5,10-14H,6-9H2,1H3,(H,25,26,27). The van der Waals surface area contributed by atoms with Crippen molar-refractivity contribution in [1.29, 1.82) is 0 Å². The van der Waals surface area contributed by atoms with Gasteiger partial charge in [0.05, 0.1) is 31.6 Å². The predicted molar refractivity (Wildman–Crippen MR) is 116 cm³/mol. The Morgan fingerprint density at radius 3 is 2.74 bits per heavy atom. The van der Waals surface area contributed by atoms with Gasteiger partial charge in [0.25, 0.3) is 5.91 Å². The molecule has 0 unspecified atom stereocenters. The van der Waals surface area contributed by atoms with Crippen LogP contribution in [0.4, 0.5) is 0 Å². The SMILES string of the molecule is COc1ccccc1-c1[nH]nc2ncc(-c3cncc(C(=O)N4CCOCC4)c3)cc12. The molecular formula is C23H21N5O3. The highest BCUT2D eigenvalue weighted by Gasteiger charge is 2.20. The zero-order valence-electron chi connectivity index (χ0n) is 17.0. The van der Waals surface area contributed by atoms with Crippen LogP contribution < -0.4 is 4.74 Å². The van der Waals surface area contributed by atoms with Gasteiger partial charge in [0.15, 0.2) is 5.65 Å². The van der Waals surface area contributed by atoms with Crippen molar-refractivity contribution < 1.29 is 14.3 Å². The Kier molecular flexibility index (Phi) is 5.05. The molecule has 4 heterocycles. The number of morpholine rings is 1. The van der Waals surface area contributed by atoms with E-state index in [2.05, 4.69) is 20.2 Å². The summed E-state index contributed by atoms with van der Waals surface area (Å²) in [4.78, 5) is 23.4. The highest BCUT2D eigenvalue weighted by molar-refractivity contribution is 5.97.